The van der Waals surface area contributed by atoms with Crippen molar-refractivity contribution in [3.8, 4) is 0 Å². The second-order valence-corrected chi connectivity index (χ2v) is 10.2. The van der Waals surface area contributed by atoms with E-state index in [1.165, 1.54) is 19.3 Å². The summed E-state index contributed by atoms with van der Waals surface area (Å²) < 4.78 is 25.4. The molecule has 152 valence electrons. The Morgan fingerprint density at radius 3 is 2.44 bits per heavy atom. The van der Waals surface area contributed by atoms with E-state index in [9.17, 15) is 18.0 Å². The van der Waals surface area contributed by atoms with E-state index in [2.05, 4.69) is 4.90 Å². The van der Waals surface area contributed by atoms with Gasteiger partial charge in [0.25, 0.3) is 0 Å². The number of rotatable bonds is 5. The van der Waals surface area contributed by atoms with Gasteiger partial charge in [0.2, 0.25) is 21.8 Å². The Hall–Kier alpha value is -1.41. The van der Waals surface area contributed by atoms with Crippen LogP contribution in [0.1, 0.15) is 39.5 Å². The second-order valence-electron chi connectivity index (χ2n) is 8.31. The predicted octanol–water partition coefficient (Wildman–Crippen LogP) is 1.07. The lowest BCUT2D eigenvalue weighted by atomic mass is 9.88. The van der Waals surface area contributed by atoms with Crippen LogP contribution in [0.3, 0.4) is 0 Å². The van der Waals surface area contributed by atoms with Gasteiger partial charge in [-0.1, -0.05) is 26.3 Å². The van der Waals surface area contributed by atoms with E-state index in [1.54, 1.807) is 11.0 Å². The molecule has 8 heteroatoms. The monoisotopic (exact) mass is 397 g/mol. The maximum absolute atomic E-state index is 12.8. The van der Waals surface area contributed by atoms with Crippen molar-refractivity contribution in [1.29, 1.82) is 0 Å². The Kier molecular flexibility index (Phi) is 5.96. The van der Waals surface area contributed by atoms with Crippen LogP contribution in [-0.4, -0.2) is 78.9 Å². The molecule has 0 unspecified atom stereocenters. The van der Waals surface area contributed by atoms with Crippen molar-refractivity contribution < 1.29 is 18.0 Å². The normalized spacial score (nSPS) is 29.9. The van der Waals surface area contributed by atoms with Crippen molar-refractivity contribution in [2.75, 3.05) is 32.4 Å². The van der Waals surface area contributed by atoms with Crippen molar-refractivity contribution in [1.82, 2.24) is 14.1 Å². The van der Waals surface area contributed by atoms with Crippen molar-refractivity contribution in [3.05, 3.63) is 12.2 Å². The lowest BCUT2D eigenvalue weighted by molar-refractivity contribution is -0.131. The minimum atomic E-state index is -3.63. The first-order valence-corrected chi connectivity index (χ1v) is 11.8. The Morgan fingerprint density at radius 2 is 1.85 bits per heavy atom. The van der Waals surface area contributed by atoms with Crippen molar-refractivity contribution in [2.45, 2.75) is 51.6 Å². The molecule has 7 nitrogen and oxygen atoms in total. The topological polar surface area (TPSA) is 78.0 Å². The van der Waals surface area contributed by atoms with Crippen LogP contribution in [0.15, 0.2) is 12.2 Å². The molecule has 0 aromatic rings. The molecule has 3 fully saturated rings. The molecule has 3 heterocycles. The van der Waals surface area contributed by atoms with Gasteiger partial charge in [0, 0.05) is 19.2 Å². The van der Waals surface area contributed by atoms with E-state index in [1.807, 2.05) is 19.9 Å². The Bertz CT molecular complexity index is 712. The molecule has 3 saturated heterocycles. The molecule has 0 bridgehead atoms. The number of carbonyl (C=O) groups is 2. The summed E-state index contributed by atoms with van der Waals surface area (Å²) in [5.41, 5.74) is 0. The molecule has 0 N–H and O–H groups in total. The molecule has 3 rings (SSSR count). The number of carbonyl (C=O) groups excluding carboxylic acids is 2. The number of piperidine rings is 1. The van der Waals surface area contributed by atoms with Gasteiger partial charge < -0.3 is 4.90 Å². The molecular formula is C19H31N3O4S. The van der Waals surface area contributed by atoms with E-state index >= 15 is 0 Å². The fraction of sp³-hybridized carbons (Fsp3) is 0.789. The van der Waals surface area contributed by atoms with E-state index < -0.39 is 22.0 Å². The lowest BCUT2D eigenvalue weighted by Gasteiger charge is -2.28. The minimum Gasteiger partial charge on any atom is -0.333 e. The first-order valence-electron chi connectivity index (χ1n) is 9.94. The van der Waals surface area contributed by atoms with Crippen LogP contribution in [0.5, 0.6) is 0 Å². The molecule has 0 aliphatic carbocycles. The summed E-state index contributed by atoms with van der Waals surface area (Å²) in [6.45, 7) is 7.22. The molecule has 27 heavy (non-hydrogen) atoms. The van der Waals surface area contributed by atoms with Gasteiger partial charge in [-0.15, -0.1) is 0 Å². The van der Waals surface area contributed by atoms with Gasteiger partial charge in [-0.05, 0) is 38.3 Å². The zero-order valence-corrected chi connectivity index (χ0v) is 17.3. The fourth-order valence-corrected chi connectivity index (χ4v) is 6.00. The molecule has 3 aliphatic heterocycles. The van der Waals surface area contributed by atoms with Gasteiger partial charge in [-0.25, -0.2) is 12.7 Å². The summed E-state index contributed by atoms with van der Waals surface area (Å²) in [6, 6.07) is -0.793. The number of hydrogen-bond acceptors (Lipinski definition) is 5. The van der Waals surface area contributed by atoms with Crippen LogP contribution < -0.4 is 0 Å². The Morgan fingerprint density at radius 1 is 1.19 bits per heavy atom. The van der Waals surface area contributed by atoms with Crippen LogP contribution in [0.25, 0.3) is 0 Å². The molecule has 3 atom stereocenters. The van der Waals surface area contributed by atoms with Crippen molar-refractivity contribution in [3.63, 3.8) is 0 Å². The van der Waals surface area contributed by atoms with Crippen molar-refractivity contribution >= 4 is 21.8 Å². The van der Waals surface area contributed by atoms with Gasteiger partial charge >= 0.3 is 0 Å². The van der Waals surface area contributed by atoms with E-state index in [4.69, 9.17) is 0 Å². The van der Waals surface area contributed by atoms with Gasteiger partial charge in [0.05, 0.1) is 24.3 Å². The van der Waals surface area contributed by atoms with Gasteiger partial charge in [-0.2, -0.15) is 0 Å². The van der Waals surface area contributed by atoms with Crippen LogP contribution in [-0.2, 0) is 19.6 Å². The second kappa shape index (κ2) is 7.91. The van der Waals surface area contributed by atoms with Gasteiger partial charge in [0.1, 0.15) is 0 Å². The summed E-state index contributed by atoms with van der Waals surface area (Å²) in [5.74, 6) is -0.972. The standard InChI is InChI=1S/C19H31N3O4S/c1-14(2)17-18-15(22(19(17)24)27(3,25)26)9-13-21(18)16(23)8-7-12-20-10-5-4-6-11-20/h7-8,14-15,17-18H,4-6,9-13H2,1-3H3/b8-7+/t15-,17+,18-/m0/s1. The molecule has 2 amide bonds. The lowest BCUT2D eigenvalue weighted by Crippen LogP contribution is -2.43. The average molecular weight is 398 g/mol. The number of amides is 2. The highest BCUT2D eigenvalue weighted by atomic mass is 32.2. The number of sulfonamides is 1. The average Bonchev–Trinajstić information content (AvgIpc) is 3.11. The van der Waals surface area contributed by atoms with Crippen LogP contribution in [0.2, 0.25) is 0 Å². The molecule has 0 radical (unpaired) electrons. The highest BCUT2D eigenvalue weighted by Crippen LogP contribution is 2.41. The highest BCUT2D eigenvalue weighted by molar-refractivity contribution is 7.88. The van der Waals surface area contributed by atoms with Gasteiger partial charge in [0.15, 0.2) is 0 Å². The van der Waals surface area contributed by atoms with Crippen LogP contribution >= 0.6 is 0 Å². The number of likely N-dealkylation sites (tertiary alicyclic amines) is 2. The summed E-state index contributed by atoms with van der Waals surface area (Å²) in [6.07, 6.45) is 8.77. The third-order valence-electron chi connectivity index (χ3n) is 6.02. The predicted molar refractivity (Wildman–Crippen MR) is 103 cm³/mol. The summed E-state index contributed by atoms with van der Waals surface area (Å²) in [5, 5.41) is 0. The first kappa shape index (κ1) is 20.3. The smallest absolute Gasteiger partial charge is 0.246 e. The molecule has 3 aliphatic rings. The van der Waals surface area contributed by atoms with Crippen LogP contribution in [0, 0.1) is 11.8 Å². The molecule has 0 saturated carbocycles. The maximum atomic E-state index is 12.8. The van der Waals surface area contributed by atoms with Crippen molar-refractivity contribution in [2.24, 2.45) is 11.8 Å². The summed E-state index contributed by atoms with van der Waals surface area (Å²) in [7, 11) is -3.63. The number of fused-ring (bicyclic) bond motifs is 1. The molecular weight excluding hydrogens is 366 g/mol. The summed E-state index contributed by atoms with van der Waals surface area (Å²) in [4.78, 5) is 29.6. The Labute approximate surface area is 162 Å². The third-order valence-corrected chi connectivity index (χ3v) is 7.19. The molecule has 0 aromatic carbocycles. The molecule has 0 spiro atoms. The maximum Gasteiger partial charge on any atom is 0.246 e. The number of hydrogen-bond donors (Lipinski definition) is 0. The zero-order chi connectivity index (χ0) is 19.8. The van der Waals surface area contributed by atoms with E-state index in [-0.39, 0.29) is 23.8 Å². The van der Waals surface area contributed by atoms with Gasteiger partial charge in [-0.3, -0.25) is 14.5 Å². The number of nitrogens with zero attached hydrogens (tertiary/aromatic N) is 3. The zero-order valence-electron chi connectivity index (χ0n) is 16.5. The largest absolute Gasteiger partial charge is 0.333 e. The van der Waals surface area contributed by atoms with E-state index in [0.717, 1.165) is 30.2 Å². The SMILES string of the molecule is CC(C)[C@H]1C(=O)N(S(C)(=O)=O)[C@H]2CCN(C(=O)/C=C/CN3CCCCC3)[C@H]12. The minimum absolute atomic E-state index is 0.0255. The summed E-state index contributed by atoms with van der Waals surface area (Å²) >= 11 is 0. The third kappa shape index (κ3) is 4.06. The molecule has 0 aromatic heterocycles. The first-order chi connectivity index (χ1) is 12.7. The quantitative estimate of drug-likeness (QED) is 0.649. The van der Waals surface area contributed by atoms with Crippen LogP contribution in [0.4, 0.5) is 0 Å². The van der Waals surface area contributed by atoms with E-state index in [0.29, 0.717) is 13.0 Å². The Balaban J connectivity index is 1.73. The fourth-order valence-electron chi connectivity index (χ4n) is 4.83. The highest BCUT2D eigenvalue weighted by Gasteiger charge is 2.58.